The van der Waals surface area contributed by atoms with E-state index in [0.29, 0.717) is 6.61 Å². The first kappa shape index (κ1) is 30.9. The largest absolute Gasteiger partial charge is 0.394 e. The number of halogens is 2. The number of rotatable bonds is 7. The molecule has 0 radical (unpaired) electrons. The van der Waals surface area contributed by atoms with Crippen LogP contribution in [-0.2, 0) is 20.8 Å². The van der Waals surface area contributed by atoms with Gasteiger partial charge in [-0.25, -0.2) is 8.78 Å². The number of benzene rings is 2. The van der Waals surface area contributed by atoms with Gasteiger partial charge in [-0.2, -0.15) is 0 Å². The lowest BCUT2D eigenvalue weighted by atomic mass is 9.86. The normalized spacial score (nSPS) is 35.3. The van der Waals surface area contributed by atoms with Gasteiger partial charge in [0.2, 0.25) is 0 Å². The SMILES string of the molecule is CC1C(O)OC(COCc2ccccc2)C(F)C1C.Cc1ccc(SC2OC(CO)C(F)C(O)C2O)cc1. The Balaban J connectivity index is 0.000000211. The molecule has 10 heteroatoms. The molecule has 2 fully saturated rings. The minimum absolute atomic E-state index is 0.157. The molecule has 0 amide bonds. The summed E-state index contributed by atoms with van der Waals surface area (Å²) in [5.41, 5.74) is 1.34. The van der Waals surface area contributed by atoms with E-state index in [-0.39, 0.29) is 18.4 Å². The smallest absolute Gasteiger partial charge is 0.158 e. The van der Waals surface area contributed by atoms with Crippen molar-refractivity contribution in [3.8, 4) is 0 Å². The number of alkyl halides is 2. The summed E-state index contributed by atoms with van der Waals surface area (Å²) in [6, 6.07) is 17.2. The van der Waals surface area contributed by atoms with Gasteiger partial charge in [-0.15, -0.1) is 0 Å². The van der Waals surface area contributed by atoms with Crippen molar-refractivity contribution in [2.75, 3.05) is 13.2 Å². The molecule has 0 aliphatic carbocycles. The minimum atomic E-state index is -1.78. The molecule has 2 aromatic carbocycles. The summed E-state index contributed by atoms with van der Waals surface area (Å²) in [6.07, 6.45) is -8.47. The molecule has 7 nitrogen and oxygen atoms in total. The van der Waals surface area contributed by atoms with E-state index in [1.54, 1.807) is 13.8 Å². The summed E-state index contributed by atoms with van der Waals surface area (Å²) in [5, 5.41) is 38.2. The molecule has 2 heterocycles. The molecule has 10 unspecified atom stereocenters. The Labute approximate surface area is 226 Å². The standard InChI is InChI=1S/C15H21FO3.C13H17FO4S/c1-10-11(2)15(17)19-13(14(10)16)9-18-8-12-6-4-3-5-7-12;1-7-2-4-8(5-3-7)19-13-12(17)11(16)10(14)9(6-15)18-13/h3-7,10-11,13-15,17H,8-9H2,1-2H3;2-5,9-13,15-17H,6H2,1H3. The molecule has 0 spiro atoms. The molecule has 10 atom stereocenters. The van der Waals surface area contributed by atoms with Crippen molar-refractivity contribution < 1.29 is 43.4 Å². The van der Waals surface area contributed by atoms with Crippen LogP contribution in [-0.4, -0.2) is 82.1 Å². The lowest BCUT2D eigenvalue weighted by Gasteiger charge is -2.38. The highest BCUT2D eigenvalue weighted by Crippen LogP contribution is 2.34. The van der Waals surface area contributed by atoms with Crippen LogP contribution in [0.3, 0.4) is 0 Å². The third-order valence-electron chi connectivity index (χ3n) is 6.92. The van der Waals surface area contributed by atoms with Crippen molar-refractivity contribution >= 4 is 11.8 Å². The number of aliphatic hydroxyl groups excluding tert-OH is 4. The van der Waals surface area contributed by atoms with Crippen molar-refractivity contribution in [1.82, 2.24) is 0 Å². The second-order valence-electron chi connectivity index (χ2n) is 9.81. The van der Waals surface area contributed by atoms with E-state index in [0.717, 1.165) is 16.0 Å². The Bertz CT molecular complexity index is 952. The summed E-state index contributed by atoms with van der Waals surface area (Å²) in [4.78, 5) is 0.843. The molecular formula is C28H38F2O7S. The molecule has 212 valence electrons. The van der Waals surface area contributed by atoms with Gasteiger partial charge in [0.1, 0.15) is 36.0 Å². The third-order valence-corrected chi connectivity index (χ3v) is 8.08. The van der Waals surface area contributed by atoms with Crippen LogP contribution in [0.4, 0.5) is 8.78 Å². The van der Waals surface area contributed by atoms with Crippen LogP contribution in [0.5, 0.6) is 0 Å². The summed E-state index contributed by atoms with van der Waals surface area (Å²) in [6.45, 7) is 5.60. The summed E-state index contributed by atoms with van der Waals surface area (Å²) >= 11 is 1.20. The topological polar surface area (TPSA) is 109 Å². The van der Waals surface area contributed by atoms with E-state index in [1.807, 2.05) is 61.5 Å². The molecule has 2 saturated heterocycles. The van der Waals surface area contributed by atoms with Crippen LogP contribution in [0.15, 0.2) is 59.5 Å². The average Bonchev–Trinajstić information content (AvgIpc) is 2.92. The van der Waals surface area contributed by atoms with Crippen LogP contribution < -0.4 is 0 Å². The number of hydrogen-bond donors (Lipinski definition) is 4. The van der Waals surface area contributed by atoms with Crippen LogP contribution in [0.1, 0.15) is 25.0 Å². The fourth-order valence-corrected chi connectivity index (χ4v) is 5.21. The van der Waals surface area contributed by atoms with Crippen molar-refractivity contribution in [2.24, 2.45) is 11.8 Å². The predicted molar refractivity (Wildman–Crippen MR) is 140 cm³/mol. The third kappa shape index (κ3) is 8.19. The Hall–Kier alpha value is -1.63. The number of hydrogen-bond acceptors (Lipinski definition) is 8. The van der Waals surface area contributed by atoms with Gasteiger partial charge in [0.15, 0.2) is 12.5 Å². The van der Waals surface area contributed by atoms with E-state index in [9.17, 15) is 24.1 Å². The first-order chi connectivity index (χ1) is 18.1. The predicted octanol–water partition coefficient (Wildman–Crippen LogP) is 3.39. The zero-order chi connectivity index (χ0) is 27.8. The zero-order valence-electron chi connectivity index (χ0n) is 21.8. The number of aliphatic hydroxyl groups is 4. The average molecular weight is 557 g/mol. The van der Waals surface area contributed by atoms with E-state index < -0.39 is 55.1 Å². The lowest BCUT2D eigenvalue weighted by molar-refractivity contribution is -0.240. The molecular weight excluding hydrogens is 518 g/mol. The maximum atomic E-state index is 14.1. The Kier molecular flexibility index (Phi) is 11.9. The summed E-state index contributed by atoms with van der Waals surface area (Å²) < 4.78 is 43.7. The second-order valence-corrected chi connectivity index (χ2v) is 11.0. The van der Waals surface area contributed by atoms with E-state index in [2.05, 4.69) is 0 Å². The van der Waals surface area contributed by atoms with Crippen LogP contribution >= 0.6 is 11.8 Å². The number of aryl methyl sites for hydroxylation is 1. The Morgan fingerprint density at radius 3 is 2.13 bits per heavy atom. The Morgan fingerprint density at radius 1 is 0.842 bits per heavy atom. The second kappa shape index (κ2) is 14.7. The monoisotopic (exact) mass is 556 g/mol. The van der Waals surface area contributed by atoms with Crippen molar-refractivity contribution in [3.63, 3.8) is 0 Å². The summed E-state index contributed by atoms with van der Waals surface area (Å²) in [5.74, 6) is -0.422. The van der Waals surface area contributed by atoms with Crippen LogP contribution in [0.25, 0.3) is 0 Å². The van der Waals surface area contributed by atoms with Crippen molar-refractivity contribution in [2.45, 2.75) is 80.8 Å². The quantitative estimate of drug-likeness (QED) is 0.411. The zero-order valence-corrected chi connectivity index (χ0v) is 22.6. The van der Waals surface area contributed by atoms with Crippen molar-refractivity contribution in [3.05, 3.63) is 65.7 Å². The van der Waals surface area contributed by atoms with E-state index in [4.69, 9.17) is 19.3 Å². The number of ether oxygens (including phenoxy) is 3. The van der Waals surface area contributed by atoms with Crippen molar-refractivity contribution in [1.29, 1.82) is 0 Å². The van der Waals surface area contributed by atoms with Gasteiger partial charge >= 0.3 is 0 Å². The molecule has 38 heavy (non-hydrogen) atoms. The summed E-state index contributed by atoms with van der Waals surface area (Å²) in [7, 11) is 0. The van der Waals surface area contributed by atoms with Gasteiger partial charge in [0.05, 0.1) is 19.8 Å². The van der Waals surface area contributed by atoms with Crippen LogP contribution in [0.2, 0.25) is 0 Å². The molecule has 4 N–H and O–H groups in total. The van der Waals surface area contributed by atoms with Gasteiger partial charge < -0.3 is 34.6 Å². The lowest BCUT2D eigenvalue weighted by Crippen LogP contribution is -2.55. The Morgan fingerprint density at radius 2 is 1.50 bits per heavy atom. The van der Waals surface area contributed by atoms with Gasteiger partial charge in [-0.05, 0) is 30.5 Å². The van der Waals surface area contributed by atoms with E-state index in [1.165, 1.54) is 11.8 Å². The molecule has 0 aromatic heterocycles. The molecule has 2 aliphatic rings. The highest BCUT2D eigenvalue weighted by molar-refractivity contribution is 7.99. The van der Waals surface area contributed by atoms with Gasteiger partial charge in [-0.1, -0.05) is 73.6 Å². The van der Waals surface area contributed by atoms with Crippen LogP contribution in [0, 0.1) is 18.8 Å². The maximum absolute atomic E-state index is 14.1. The first-order valence-corrected chi connectivity index (χ1v) is 13.6. The molecule has 0 saturated carbocycles. The van der Waals surface area contributed by atoms with E-state index >= 15 is 0 Å². The molecule has 0 bridgehead atoms. The highest BCUT2D eigenvalue weighted by Gasteiger charge is 2.45. The highest BCUT2D eigenvalue weighted by atomic mass is 32.2. The van der Waals surface area contributed by atoms with Gasteiger partial charge in [-0.3, -0.25) is 0 Å². The fourth-order valence-electron chi connectivity index (χ4n) is 4.15. The molecule has 4 rings (SSSR count). The van der Waals surface area contributed by atoms with Gasteiger partial charge in [0.25, 0.3) is 0 Å². The van der Waals surface area contributed by atoms with Gasteiger partial charge in [0, 0.05) is 10.8 Å². The number of thioether (sulfide) groups is 1. The molecule has 2 aromatic rings. The fraction of sp³-hybridized carbons (Fsp3) is 0.571. The molecule has 2 aliphatic heterocycles. The maximum Gasteiger partial charge on any atom is 0.158 e. The minimum Gasteiger partial charge on any atom is -0.394 e. The first-order valence-electron chi connectivity index (χ1n) is 12.7.